The van der Waals surface area contributed by atoms with Gasteiger partial charge in [0.1, 0.15) is 0 Å². The zero-order chi connectivity index (χ0) is 16.9. The van der Waals surface area contributed by atoms with Crippen LogP contribution in [0.4, 0.5) is 5.95 Å². The molecular formula is C17H18BrN3O3. The molecule has 6 nitrogen and oxygen atoms in total. The standard InChI is InChI=1S/C17H18BrN3O3/c18-12-7-5-11(6-8-12)9-19-17-20-14-4-2-1-3-13(14)16(21-17)24-10-15(22)23/h5-8H,1-4,9-10H2,(H,22,23)(H,19,20,21). The Bertz CT molecular complexity index is 735. The Morgan fingerprint density at radius 1 is 1.21 bits per heavy atom. The first-order chi connectivity index (χ1) is 11.6. The summed E-state index contributed by atoms with van der Waals surface area (Å²) in [6.45, 7) is 0.194. The molecule has 1 aliphatic rings. The summed E-state index contributed by atoms with van der Waals surface area (Å²) >= 11 is 3.41. The molecule has 1 aromatic heterocycles. The molecular weight excluding hydrogens is 374 g/mol. The number of aromatic nitrogens is 2. The van der Waals surface area contributed by atoms with Crippen molar-refractivity contribution in [2.75, 3.05) is 11.9 Å². The van der Waals surface area contributed by atoms with Gasteiger partial charge in [0.05, 0.1) is 5.69 Å². The quantitative estimate of drug-likeness (QED) is 0.786. The van der Waals surface area contributed by atoms with Gasteiger partial charge < -0.3 is 15.2 Å². The van der Waals surface area contributed by atoms with Crippen LogP contribution in [0.25, 0.3) is 0 Å². The Hall–Kier alpha value is -2.15. The first kappa shape index (κ1) is 16.7. The van der Waals surface area contributed by atoms with Crippen molar-refractivity contribution in [2.45, 2.75) is 32.2 Å². The summed E-state index contributed by atoms with van der Waals surface area (Å²) in [7, 11) is 0. The van der Waals surface area contributed by atoms with E-state index in [4.69, 9.17) is 9.84 Å². The van der Waals surface area contributed by atoms with Crippen LogP contribution in [-0.4, -0.2) is 27.7 Å². The number of nitrogens with zero attached hydrogens (tertiary/aromatic N) is 2. The number of carboxylic acid groups (broad SMARTS) is 1. The highest BCUT2D eigenvalue weighted by molar-refractivity contribution is 9.10. The van der Waals surface area contributed by atoms with Crippen LogP contribution in [0.2, 0.25) is 0 Å². The van der Waals surface area contributed by atoms with E-state index in [1.165, 1.54) is 0 Å². The summed E-state index contributed by atoms with van der Waals surface area (Å²) in [5.41, 5.74) is 3.00. The van der Waals surface area contributed by atoms with Gasteiger partial charge in [-0.15, -0.1) is 0 Å². The lowest BCUT2D eigenvalue weighted by atomic mass is 9.97. The van der Waals surface area contributed by atoms with Gasteiger partial charge in [0.15, 0.2) is 6.61 Å². The van der Waals surface area contributed by atoms with Gasteiger partial charge in [-0.05, 0) is 43.4 Å². The third-order valence-corrected chi connectivity index (χ3v) is 4.37. The summed E-state index contributed by atoms with van der Waals surface area (Å²) in [4.78, 5) is 19.7. The molecule has 24 heavy (non-hydrogen) atoms. The average Bonchev–Trinajstić information content (AvgIpc) is 2.59. The Balaban J connectivity index is 1.78. The van der Waals surface area contributed by atoms with Gasteiger partial charge >= 0.3 is 5.97 Å². The molecule has 7 heteroatoms. The number of benzene rings is 1. The zero-order valence-corrected chi connectivity index (χ0v) is 14.7. The molecule has 2 N–H and O–H groups in total. The minimum absolute atomic E-state index is 0.389. The van der Waals surface area contributed by atoms with Crippen LogP contribution in [0, 0.1) is 0 Å². The lowest BCUT2D eigenvalue weighted by Crippen LogP contribution is -2.17. The lowest BCUT2D eigenvalue weighted by molar-refractivity contribution is -0.139. The summed E-state index contributed by atoms with van der Waals surface area (Å²) in [6.07, 6.45) is 3.82. The molecule has 0 atom stereocenters. The second-order valence-electron chi connectivity index (χ2n) is 5.65. The zero-order valence-electron chi connectivity index (χ0n) is 13.1. The van der Waals surface area contributed by atoms with Crippen LogP contribution in [0.15, 0.2) is 28.7 Å². The molecule has 0 bridgehead atoms. The van der Waals surface area contributed by atoms with Crippen molar-refractivity contribution in [1.82, 2.24) is 9.97 Å². The minimum atomic E-state index is -1.01. The second kappa shape index (κ2) is 7.61. The molecule has 2 aromatic rings. The number of carbonyl (C=O) groups is 1. The van der Waals surface area contributed by atoms with Crippen molar-refractivity contribution in [3.63, 3.8) is 0 Å². The van der Waals surface area contributed by atoms with Crippen LogP contribution < -0.4 is 10.1 Å². The predicted octanol–water partition coefficient (Wildman–Crippen LogP) is 3.19. The molecule has 1 heterocycles. The Kier molecular flexibility index (Phi) is 5.30. The van der Waals surface area contributed by atoms with Crippen LogP contribution in [-0.2, 0) is 24.2 Å². The third-order valence-electron chi connectivity index (χ3n) is 3.84. The number of aryl methyl sites for hydroxylation is 1. The molecule has 0 amide bonds. The molecule has 0 spiro atoms. The second-order valence-corrected chi connectivity index (χ2v) is 6.56. The van der Waals surface area contributed by atoms with E-state index in [0.717, 1.165) is 47.0 Å². The van der Waals surface area contributed by atoms with E-state index in [9.17, 15) is 4.79 Å². The Morgan fingerprint density at radius 3 is 2.71 bits per heavy atom. The number of nitrogens with one attached hydrogen (secondary N) is 1. The number of rotatable bonds is 6. The maximum Gasteiger partial charge on any atom is 0.341 e. The molecule has 0 unspecified atom stereocenters. The summed E-state index contributed by atoms with van der Waals surface area (Å²) in [5.74, 6) is -0.151. The largest absolute Gasteiger partial charge is 0.479 e. The number of halogens is 1. The smallest absolute Gasteiger partial charge is 0.341 e. The molecule has 0 saturated carbocycles. The van der Waals surface area contributed by atoms with E-state index in [1.807, 2.05) is 24.3 Å². The van der Waals surface area contributed by atoms with E-state index < -0.39 is 12.6 Å². The van der Waals surface area contributed by atoms with Crippen LogP contribution >= 0.6 is 15.9 Å². The van der Waals surface area contributed by atoms with Crippen molar-refractivity contribution in [2.24, 2.45) is 0 Å². The summed E-state index contributed by atoms with van der Waals surface area (Å²) in [6, 6.07) is 7.98. The SMILES string of the molecule is O=C(O)COc1nc(NCc2ccc(Br)cc2)nc2c1CCCC2. The highest BCUT2D eigenvalue weighted by Crippen LogP contribution is 2.28. The number of anilines is 1. The van der Waals surface area contributed by atoms with Gasteiger partial charge in [-0.1, -0.05) is 28.1 Å². The molecule has 0 radical (unpaired) electrons. The van der Waals surface area contributed by atoms with Gasteiger partial charge in [0, 0.05) is 16.6 Å². The fraction of sp³-hybridized carbons (Fsp3) is 0.353. The van der Waals surface area contributed by atoms with E-state index >= 15 is 0 Å². The van der Waals surface area contributed by atoms with Gasteiger partial charge in [-0.25, -0.2) is 9.78 Å². The van der Waals surface area contributed by atoms with Gasteiger partial charge in [0.2, 0.25) is 11.8 Å². The highest BCUT2D eigenvalue weighted by Gasteiger charge is 2.19. The third kappa shape index (κ3) is 4.23. The highest BCUT2D eigenvalue weighted by atomic mass is 79.9. The number of ether oxygens (including phenoxy) is 1. The van der Waals surface area contributed by atoms with E-state index in [0.29, 0.717) is 18.4 Å². The average molecular weight is 392 g/mol. The number of hydrogen-bond acceptors (Lipinski definition) is 5. The van der Waals surface area contributed by atoms with Crippen LogP contribution in [0.5, 0.6) is 5.88 Å². The fourth-order valence-electron chi connectivity index (χ4n) is 2.67. The molecule has 126 valence electrons. The van der Waals surface area contributed by atoms with Crippen molar-refractivity contribution >= 4 is 27.8 Å². The van der Waals surface area contributed by atoms with Crippen molar-refractivity contribution in [1.29, 1.82) is 0 Å². The molecule has 1 aromatic carbocycles. The first-order valence-corrected chi connectivity index (χ1v) is 8.64. The molecule has 0 saturated heterocycles. The fourth-order valence-corrected chi connectivity index (χ4v) is 2.94. The Labute approximate surface area is 148 Å². The summed E-state index contributed by atoms with van der Waals surface area (Å²) in [5, 5.41) is 12.0. The normalized spacial score (nSPS) is 13.2. The lowest BCUT2D eigenvalue weighted by Gasteiger charge is -2.19. The predicted molar refractivity (Wildman–Crippen MR) is 93.3 cm³/mol. The topological polar surface area (TPSA) is 84.3 Å². The summed E-state index contributed by atoms with van der Waals surface area (Å²) < 4.78 is 6.41. The molecule has 1 aliphatic carbocycles. The van der Waals surface area contributed by atoms with Crippen molar-refractivity contribution < 1.29 is 14.6 Å². The Morgan fingerprint density at radius 2 is 1.96 bits per heavy atom. The van der Waals surface area contributed by atoms with Crippen molar-refractivity contribution in [3.8, 4) is 5.88 Å². The molecule has 3 rings (SSSR count). The molecule has 0 aliphatic heterocycles. The first-order valence-electron chi connectivity index (χ1n) is 7.84. The number of carboxylic acids is 1. The van der Waals surface area contributed by atoms with Gasteiger partial charge in [-0.3, -0.25) is 0 Å². The van der Waals surface area contributed by atoms with Crippen LogP contribution in [0.1, 0.15) is 29.7 Å². The minimum Gasteiger partial charge on any atom is -0.479 e. The number of fused-ring (bicyclic) bond motifs is 1. The monoisotopic (exact) mass is 391 g/mol. The van der Waals surface area contributed by atoms with Gasteiger partial charge in [-0.2, -0.15) is 4.98 Å². The number of aliphatic carboxylic acids is 1. The van der Waals surface area contributed by atoms with Gasteiger partial charge in [0.25, 0.3) is 0 Å². The number of hydrogen-bond donors (Lipinski definition) is 2. The van der Waals surface area contributed by atoms with Crippen molar-refractivity contribution in [3.05, 3.63) is 45.6 Å². The maximum absolute atomic E-state index is 10.8. The molecule has 0 fully saturated rings. The van der Waals surface area contributed by atoms with E-state index in [2.05, 4.69) is 31.2 Å². The van der Waals surface area contributed by atoms with E-state index in [-0.39, 0.29) is 0 Å². The van der Waals surface area contributed by atoms with Crippen LogP contribution in [0.3, 0.4) is 0 Å². The van der Waals surface area contributed by atoms with E-state index in [1.54, 1.807) is 0 Å². The maximum atomic E-state index is 10.8.